The summed E-state index contributed by atoms with van der Waals surface area (Å²) >= 11 is 0. The number of fused-ring (bicyclic) bond motifs is 1. The number of nitrogens with zero attached hydrogens (tertiary/aromatic N) is 6. The standard InChI is InChI=1S/C30H31N7O3/c1-39-24-11-12-27-23(15-24)16-26(30(38)32-27)28(29-33-34-35-37(29)20-25-10-6-14-40-25)36(18-21-7-3-2-4-8-21)19-22-9-5-13-31-17-22/h2-5,7-9,11-13,15-17,25,28H,6,10,14,18-20H2,1H3,(H,32,38). The van der Waals surface area contributed by atoms with Gasteiger partial charge < -0.3 is 14.5 Å². The fourth-order valence-electron chi connectivity index (χ4n) is 5.33. The van der Waals surface area contributed by atoms with Gasteiger partial charge in [-0.2, -0.15) is 0 Å². The summed E-state index contributed by atoms with van der Waals surface area (Å²) in [5, 5.41) is 13.8. The van der Waals surface area contributed by atoms with Gasteiger partial charge in [0.05, 0.1) is 19.8 Å². The Morgan fingerprint density at radius 1 is 1.10 bits per heavy atom. The van der Waals surface area contributed by atoms with E-state index < -0.39 is 6.04 Å². The number of hydrogen-bond acceptors (Lipinski definition) is 8. The average molecular weight is 538 g/mol. The first-order valence-corrected chi connectivity index (χ1v) is 13.4. The van der Waals surface area contributed by atoms with Crippen LogP contribution in [0.4, 0.5) is 0 Å². The van der Waals surface area contributed by atoms with Gasteiger partial charge in [0.25, 0.3) is 5.56 Å². The zero-order chi connectivity index (χ0) is 27.3. The minimum atomic E-state index is -0.559. The monoisotopic (exact) mass is 537 g/mol. The van der Waals surface area contributed by atoms with Crippen molar-refractivity contribution in [3.8, 4) is 5.75 Å². The fraction of sp³-hybridized carbons (Fsp3) is 0.300. The van der Waals surface area contributed by atoms with Gasteiger partial charge in [-0.1, -0.05) is 36.4 Å². The molecule has 3 aromatic heterocycles. The Hall–Kier alpha value is -4.41. The van der Waals surface area contributed by atoms with E-state index in [1.165, 1.54) is 0 Å². The van der Waals surface area contributed by atoms with Crippen molar-refractivity contribution in [2.75, 3.05) is 13.7 Å². The Kier molecular flexibility index (Phi) is 7.60. The van der Waals surface area contributed by atoms with Crippen LogP contribution in [0, 0.1) is 0 Å². The van der Waals surface area contributed by atoms with Gasteiger partial charge in [-0.05, 0) is 64.7 Å². The number of H-pyrrole nitrogens is 1. The van der Waals surface area contributed by atoms with Crippen molar-refractivity contribution in [2.24, 2.45) is 0 Å². The zero-order valence-electron chi connectivity index (χ0n) is 22.3. The molecule has 2 unspecified atom stereocenters. The molecule has 0 saturated carbocycles. The van der Waals surface area contributed by atoms with Gasteiger partial charge >= 0.3 is 0 Å². The number of aromatic amines is 1. The summed E-state index contributed by atoms with van der Waals surface area (Å²) in [7, 11) is 1.63. The van der Waals surface area contributed by atoms with Crippen molar-refractivity contribution in [1.29, 1.82) is 0 Å². The Bertz CT molecular complexity index is 1570. The van der Waals surface area contributed by atoms with Crippen molar-refractivity contribution >= 4 is 10.9 Å². The first-order valence-electron chi connectivity index (χ1n) is 13.4. The number of pyridine rings is 2. The molecule has 0 aliphatic carbocycles. The van der Waals surface area contributed by atoms with E-state index in [2.05, 4.69) is 42.5 Å². The zero-order valence-corrected chi connectivity index (χ0v) is 22.3. The number of tetrazole rings is 1. The maximum Gasteiger partial charge on any atom is 0.253 e. The van der Waals surface area contributed by atoms with E-state index in [-0.39, 0.29) is 11.7 Å². The number of benzene rings is 2. The third-order valence-corrected chi connectivity index (χ3v) is 7.28. The molecule has 1 aliphatic rings. The van der Waals surface area contributed by atoms with E-state index in [0.29, 0.717) is 36.8 Å². The topological polar surface area (TPSA) is 111 Å². The van der Waals surface area contributed by atoms with Crippen LogP contribution in [0.3, 0.4) is 0 Å². The van der Waals surface area contributed by atoms with E-state index in [1.54, 1.807) is 18.0 Å². The number of rotatable bonds is 10. The highest BCUT2D eigenvalue weighted by Crippen LogP contribution is 2.31. The van der Waals surface area contributed by atoms with Gasteiger partial charge in [-0.25, -0.2) is 4.68 Å². The van der Waals surface area contributed by atoms with Crippen molar-refractivity contribution in [1.82, 2.24) is 35.1 Å². The van der Waals surface area contributed by atoms with E-state index in [1.807, 2.05) is 60.8 Å². The summed E-state index contributed by atoms with van der Waals surface area (Å²) < 4.78 is 13.2. The van der Waals surface area contributed by atoms with Gasteiger partial charge in [0.2, 0.25) is 0 Å². The quantitative estimate of drug-likeness (QED) is 0.286. The molecule has 2 atom stereocenters. The van der Waals surface area contributed by atoms with Crippen LogP contribution in [-0.2, 0) is 24.4 Å². The third kappa shape index (κ3) is 5.63. The second-order valence-electron chi connectivity index (χ2n) is 10.0. The van der Waals surface area contributed by atoms with Crippen LogP contribution in [0.25, 0.3) is 10.9 Å². The highest BCUT2D eigenvalue weighted by Gasteiger charge is 2.32. The van der Waals surface area contributed by atoms with Crippen molar-refractivity contribution in [3.63, 3.8) is 0 Å². The van der Waals surface area contributed by atoms with Crippen LogP contribution in [0.5, 0.6) is 5.75 Å². The predicted molar refractivity (Wildman–Crippen MR) is 150 cm³/mol. The summed E-state index contributed by atoms with van der Waals surface area (Å²) in [5.41, 5.74) is 3.20. The number of aromatic nitrogens is 6. The molecule has 6 rings (SSSR count). The number of nitrogens with one attached hydrogen (secondary N) is 1. The molecule has 4 heterocycles. The molecule has 1 N–H and O–H groups in total. The maximum atomic E-state index is 13.8. The Labute approximate surface area is 231 Å². The minimum absolute atomic E-state index is 0.0305. The Morgan fingerprint density at radius 3 is 2.73 bits per heavy atom. The lowest BCUT2D eigenvalue weighted by Gasteiger charge is -2.31. The minimum Gasteiger partial charge on any atom is -0.497 e. The summed E-state index contributed by atoms with van der Waals surface area (Å²) in [6.07, 6.45) is 5.59. The lowest BCUT2D eigenvalue weighted by Crippen LogP contribution is -2.35. The van der Waals surface area contributed by atoms with Crippen LogP contribution in [-0.4, -0.2) is 54.9 Å². The number of ether oxygens (including phenoxy) is 2. The van der Waals surface area contributed by atoms with E-state index in [9.17, 15) is 4.79 Å². The predicted octanol–water partition coefficient (Wildman–Crippen LogP) is 3.89. The first kappa shape index (κ1) is 25.8. The highest BCUT2D eigenvalue weighted by molar-refractivity contribution is 5.80. The average Bonchev–Trinajstić information content (AvgIpc) is 3.67. The van der Waals surface area contributed by atoms with Crippen molar-refractivity contribution in [3.05, 3.63) is 112 Å². The molecule has 0 amide bonds. The molecule has 0 bridgehead atoms. The number of methoxy groups -OCH3 is 1. The van der Waals surface area contributed by atoms with Gasteiger partial charge in [0, 0.05) is 48.6 Å². The van der Waals surface area contributed by atoms with Crippen LogP contribution in [0.15, 0.2) is 83.9 Å². The van der Waals surface area contributed by atoms with Crippen LogP contribution in [0.2, 0.25) is 0 Å². The molecule has 40 heavy (non-hydrogen) atoms. The smallest absolute Gasteiger partial charge is 0.253 e. The van der Waals surface area contributed by atoms with Crippen LogP contribution >= 0.6 is 0 Å². The molecule has 0 spiro atoms. The lowest BCUT2D eigenvalue weighted by molar-refractivity contribution is 0.0903. The molecule has 1 fully saturated rings. The highest BCUT2D eigenvalue weighted by atomic mass is 16.5. The second kappa shape index (κ2) is 11.8. The maximum absolute atomic E-state index is 13.8. The molecule has 1 saturated heterocycles. The van der Waals surface area contributed by atoms with Gasteiger partial charge in [-0.15, -0.1) is 5.10 Å². The molecule has 1 aliphatic heterocycles. The fourth-order valence-corrected chi connectivity index (χ4v) is 5.33. The van der Waals surface area contributed by atoms with Gasteiger partial charge in [0.1, 0.15) is 11.8 Å². The van der Waals surface area contributed by atoms with Crippen molar-refractivity contribution < 1.29 is 9.47 Å². The molecule has 5 aromatic rings. The molecule has 10 nitrogen and oxygen atoms in total. The van der Waals surface area contributed by atoms with Crippen LogP contribution in [0.1, 0.15) is 41.4 Å². The summed E-state index contributed by atoms with van der Waals surface area (Å²) in [6.45, 7) is 2.33. The molecular formula is C30H31N7O3. The summed E-state index contributed by atoms with van der Waals surface area (Å²) in [5.74, 6) is 1.30. The van der Waals surface area contributed by atoms with Gasteiger partial charge in [-0.3, -0.25) is 14.7 Å². The summed E-state index contributed by atoms with van der Waals surface area (Å²) in [4.78, 5) is 23.4. The first-order chi connectivity index (χ1) is 19.7. The summed E-state index contributed by atoms with van der Waals surface area (Å²) in [6, 6.07) is 21.1. The Balaban J connectivity index is 1.51. The molecular weight excluding hydrogens is 506 g/mol. The van der Waals surface area contributed by atoms with Gasteiger partial charge in [0.15, 0.2) is 5.82 Å². The lowest BCUT2D eigenvalue weighted by atomic mass is 10.0. The van der Waals surface area contributed by atoms with E-state index >= 15 is 0 Å². The second-order valence-corrected chi connectivity index (χ2v) is 10.0. The number of hydrogen-bond donors (Lipinski definition) is 1. The molecule has 0 radical (unpaired) electrons. The van der Waals surface area contributed by atoms with E-state index in [4.69, 9.17) is 9.47 Å². The van der Waals surface area contributed by atoms with E-state index in [0.717, 1.165) is 41.5 Å². The molecule has 204 valence electrons. The largest absolute Gasteiger partial charge is 0.497 e. The third-order valence-electron chi connectivity index (χ3n) is 7.28. The normalized spacial score (nSPS) is 16.0. The molecule has 2 aromatic carbocycles. The van der Waals surface area contributed by atoms with Crippen LogP contribution < -0.4 is 10.3 Å². The Morgan fingerprint density at radius 2 is 1.95 bits per heavy atom. The molecule has 10 heteroatoms. The van der Waals surface area contributed by atoms with Crippen molar-refractivity contribution in [2.45, 2.75) is 44.6 Å². The SMILES string of the molecule is COc1ccc2[nH]c(=O)c(C(c3nnnn3CC3CCCO3)N(Cc3ccccc3)Cc3cccnc3)cc2c1.